The van der Waals surface area contributed by atoms with Gasteiger partial charge in [0.15, 0.2) is 0 Å². The van der Waals surface area contributed by atoms with Crippen molar-refractivity contribution in [3.05, 3.63) is 42.0 Å². The average Bonchev–Trinajstić information content (AvgIpc) is 3.35. The van der Waals surface area contributed by atoms with E-state index in [0.717, 1.165) is 86.9 Å². The highest BCUT2D eigenvalue weighted by molar-refractivity contribution is 6.10. The number of carbonyl (C=O) groups excluding carboxylic acids is 2. The second kappa shape index (κ2) is 8.39. The topological polar surface area (TPSA) is 47.1 Å². The van der Waals surface area contributed by atoms with Gasteiger partial charge in [-0.25, -0.2) is 0 Å². The molecule has 1 spiro atoms. The minimum Gasteiger partial charge on any atom is -0.377 e. The summed E-state index contributed by atoms with van der Waals surface area (Å²) in [5.41, 5.74) is 1.88. The SMILES string of the molecule is CN(C)c1ccc(C(=O)N2CCCC3(CCN3CC(=O)N3CCCC3)C2)c2ccccc12. The van der Waals surface area contributed by atoms with Crippen molar-refractivity contribution in [3.8, 4) is 0 Å². The van der Waals surface area contributed by atoms with Crippen molar-refractivity contribution in [3.63, 3.8) is 0 Å². The Hall–Kier alpha value is -2.60. The summed E-state index contributed by atoms with van der Waals surface area (Å²) in [6.07, 6.45) is 5.39. The van der Waals surface area contributed by atoms with Crippen molar-refractivity contribution in [2.45, 2.75) is 37.6 Å². The van der Waals surface area contributed by atoms with E-state index in [1.807, 2.05) is 42.1 Å². The van der Waals surface area contributed by atoms with E-state index in [-0.39, 0.29) is 17.4 Å². The van der Waals surface area contributed by atoms with E-state index in [1.54, 1.807) is 0 Å². The molecule has 3 heterocycles. The molecule has 3 saturated heterocycles. The molecule has 32 heavy (non-hydrogen) atoms. The lowest BCUT2D eigenvalue weighted by Gasteiger charge is -2.57. The number of nitrogens with zero attached hydrogens (tertiary/aromatic N) is 4. The molecule has 0 N–H and O–H groups in total. The quantitative estimate of drug-likeness (QED) is 0.742. The molecular formula is C26H34N4O2. The van der Waals surface area contributed by atoms with Crippen LogP contribution in [0, 0.1) is 0 Å². The van der Waals surface area contributed by atoms with Gasteiger partial charge in [0.05, 0.1) is 6.54 Å². The maximum Gasteiger partial charge on any atom is 0.254 e. The summed E-state index contributed by atoms with van der Waals surface area (Å²) in [5, 5.41) is 2.12. The van der Waals surface area contributed by atoms with Crippen LogP contribution < -0.4 is 4.90 Å². The second-order valence-electron chi connectivity index (χ2n) is 9.89. The van der Waals surface area contributed by atoms with E-state index in [4.69, 9.17) is 0 Å². The van der Waals surface area contributed by atoms with Gasteiger partial charge in [0, 0.05) is 69.0 Å². The first kappa shape index (κ1) is 21.3. The predicted octanol–water partition coefficient (Wildman–Crippen LogP) is 3.21. The number of amides is 2. The summed E-state index contributed by atoms with van der Waals surface area (Å²) in [6.45, 7) is 4.78. The molecule has 2 aromatic carbocycles. The van der Waals surface area contributed by atoms with E-state index in [2.05, 4.69) is 28.0 Å². The molecule has 0 aromatic heterocycles. The van der Waals surface area contributed by atoms with Gasteiger partial charge in [-0.05, 0) is 49.6 Å². The molecule has 6 heteroatoms. The van der Waals surface area contributed by atoms with Crippen molar-refractivity contribution < 1.29 is 9.59 Å². The summed E-state index contributed by atoms with van der Waals surface area (Å²) >= 11 is 0. The minimum absolute atomic E-state index is 0.0251. The van der Waals surface area contributed by atoms with Gasteiger partial charge < -0.3 is 14.7 Å². The van der Waals surface area contributed by atoms with Crippen LogP contribution in [0.25, 0.3) is 10.8 Å². The molecule has 6 nitrogen and oxygen atoms in total. The minimum atomic E-state index is -0.0251. The van der Waals surface area contributed by atoms with Crippen molar-refractivity contribution >= 4 is 28.3 Å². The second-order valence-corrected chi connectivity index (χ2v) is 9.89. The molecule has 3 aliphatic heterocycles. The highest BCUT2D eigenvalue weighted by Gasteiger charge is 2.49. The first-order chi connectivity index (χ1) is 15.5. The fourth-order valence-corrected chi connectivity index (χ4v) is 5.84. The highest BCUT2D eigenvalue weighted by Crippen LogP contribution is 2.39. The summed E-state index contributed by atoms with van der Waals surface area (Å²) < 4.78 is 0. The molecule has 0 saturated carbocycles. The van der Waals surface area contributed by atoms with Crippen LogP contribution in [0.4, 0.5) is 5.69 Å². The van der Waals surface area contributed by atoms with Gasteiger partial charge in [-0.2, -0.15) is 0 Å². The average molecular weight is 435 g/mol. The Balaban J connectivity index is 1.35. The molecule has 0 aliphatic carbocycles. The van der Waals surface area contributed by atoms with E-state index in [0.29, 0.717) is 6.54 Å². The van der Waals surface area contributed by atoms with Crippen LogP contribution in [0.2, 0.25) is 0 Å². The number of hydrogen-bond acceptors (Lipinski definition) is 4. The number of likely N-dealkylation sites (tertiary alicyclic amines) is 3. The summed E-state index contributed by atoms with van der Waals surface area (Å²) in [4.78, 5) is 34.9. The van der Waals surface area contributed by atoms with E-state index < -0.39 is 0 Å². The molecule has 170 valence electrons. The summed E-state index contributed by atoms with van der Waals surface area (Å²) in [6, 6.07) is 12.2. The fourth-order valence-electron chi connectivity index (χ4n) is 5.84. The Morgan fingerprint density at radius 3 is 2.28 bits per heavy atom. The van der Waals surface area contributed by atoms with Crippen LogP contribution in [0.3, 0.4) is 0 Å². The fraction of sp³-hybridized carbons (Fsp3) is 0.538. The van der Waals surface area contributed by atoms with Gasteiger partial charge in [0.1, 0.15) is 0 Å². The van der Waals surface area contributed by atoms with Crippen molar-refractivity contribution in [1.82, 2.24) is 14.7 Å². The van der Waals surface area contributed by atoms with Crippen LogP contribution in [0.5, 0.6) is 0 Å². The molecular weight excluding hydrogens is 400 g/mol. The standard InChI is InChI=1S/C26H34N4O2/c1-27(2)23-11-10-22(20-8-3-4-9-21(20)23)25(32)29-16-7-12-26(19-29)13-17-30(26)18-24(31)28-14-5-6-15-28/h3-4,8-11H,5-7,12-19H2,1-2H3. The molecule has 2 amide bonds. The zero-order valence-electron chi connectivity index (χ0n) is 19.3. The Kier molecular flexibility index (Phi) is 5.58. The summed E-state index contributed by atoms with van der Waals surface area (Å²) in [7, 11) is 4.07. The first-order valence-corrected chi connectivity index (χ1v) is 12.0. The van der Waals surface area contributed by atoms with Crippen molar-refractivity contribution in [1.29, 1.82) is 0 Å². The molecule has 0 bridgehead atoms. The molecule has 1 unspecified atom stereocenters. The Bertz CT molecular complexity index is 1030. The maximum absolute atomic E-state index is 13.7. The van der Waals surface area contributed by atoms with Gasteiger partial charge in [-0.15, -0.1) is 0 Å². The number of fused-ring (bicyclic) bond motifs is 1. The Morgan fingerprint density at radius 2 is 1.59 bits per heavy atom. The van der Waals surface area contributed by atoms with Crippen LogP contribution in [-0.2, 0) is 4.79 Å². The number of rotatable bonds is 4. The largest absolute Gasteiger partial charge is 0.377 e. The molecule has 3 aliphatic rings. The van der Waals surface area contributed by atoms with Gasteiger partial charge in [0.25, 0.3) is 5.91 Å². The van der Waals surface area contributed by atoms with Crippen LogP contribution >= 0.6 is 0 Å². The first-order valence-electron chi connectivity index (χ1n) is 12.0. The lowest BCUT2D eigenvalue weighted by atomic mass is 9.77. The zero-order valence-corrected chi connectivity index (χ0v) is 19.3. The molecule has 5 rings (SSSR count). The molecule has 0 radical (unpaired) electrons. The van der Waals surface area contributed by atoms with E-state index in [9.17, 15) is 9.59 Å². The number of hydrogen-bond donors (Lipinski definition) is 0. The molecule has 3 fully saturated rings. The number of piperidine rings is 1. The third-order valence-electron chi connectivity index (χ3n) is 7.76. The molecule has 1 atom stereocenters. The smallest absolute Gasteiger partial charge is 0.254 e. The normalized spacial score (nSPS) is 23.6. The lowest BCUT2D eigenvalue weighted by Crippen LogP contribution is -2.68. The lowest BCUT2D eigenvalue weighted by molar-refractivity contribution is -0.138. The number of anilines is 1. The van der Waals surface area contributed by atoms with Crippen LogP contribution in [-0.4, -0.2) is 85.4 Å². The van der Waals surface area contributed by atoms with Crippen LogP contribution in [0.15, 0.2) is 36.4 Å². The molecule has 2 aromatic rings. The third-order valence-corrected chi connectivity index (χ3v) is 7.76. The maximum atomic E-state index is 13.7. The zero-order chi connectivity index (χ0) is 22.3. The van der Waals surface area contributed by atoms with Gasteiger partial charge >= 0.3 is 0 Å². The Morgan fingerprint density at radius 1 is 0.875 bits per heavy atom. The third kappa shape index (κ3) is 3.64. The predicted molar refractivity (Wildman–Crippen MR) is 128 cm³/mol. The van der Waals surface area contributed by atoms with Gasteiger partial charge in [-0.1, -0.05) is 24.3 Å². The monoisotopic (exact) mass is 434 g/mol. The summed E-state index contributed by atoms with van der Waals surface area (Å²) in [5.74, 6) is 0.374. The highest BCUT2D eigenvalue weighted by atomic mass is 16.2. The number of benzene rings is 2. The van der Waals surface area contributed by atoms with E-state index >= 15 is 0 Å². The van der Waals surface area contributed by atoms with Gasteiger partial charge in [-0.3, -0.25) is 14.5 Å². The van der Waals surface area contributed by atoms with E-state index in [1.165, 1.54) is 0 Å². The van der Waals surface area contributed by atoms with Crippen LogP contribution in [0.1, 0.15) is 42.5 Å². The number of carbonyl (C=O) groups is 2. The van der Waals surface area contributed by atoms with Gasteiger partial charge in [0.2, 0.25) is 5.91 Å². The van der Waals surface area contributed by atoms with Crippen molar-refractivity contribution in [2.75, 3.05) is 58.3 Å². The Labute approximate surface area is 190 Å². The van der Waals surface area contributed by atoms with Crippen molar-refractivity contribution in [2.24, 2.45) is 0 Å².